The summed E-state index contributed by atoms with van der Waals surface area (Å²) in [6, 6.07) is 0.955. The van der Waals surface area contributed by atoms with Crippen LogP contribution in [0.2, 0.25) is 0 Å². The maximum absolute atomic E-state index is 11.9. The molecule has 2 heterocycles. The standard InChI is InChI=1S/C14H24N2O/c1-4-11(3)8-15-9-12-6-7-13(10-15)16(12)14(17)5-2/h4,12-13H,5-10H2,1-3H3/b11-4+. The first-order valence-electron chi connectivity index (χ1n) is 6.81. The van der Waals surface area contributed by atoms with E-state index in [2.05, 4.69) is 29.7 Å². The highest BCUT2D eigenvalue weighted by Crippen LogP contribution is 2.30. The highest BCUT2D eigenvalue weighted by molar-refractivity contribution is 5.77. The van der Waals surface area contributed by atoms with Gasteiger partial charge in [0.05, 0.1) is 0 Å². The van der Waals surface area contributed by atoms with Crippen molar-refractivity contribution in [3.8, 4) is 0 Å². The van der Waals surface area contributed by atoms with Gasteiger partial charge < -0.3 is 4.90 Å². The van der Waals surface area contributed by atoms with Crippen molar-refractivity contribution >= 4 is 5.91 Å². The Balaban J connectivity index is 1.99. The predicted molar refractivity (Wildman–Crippen MR) is 69.8 cm³/mol. The minimum Gasteiger partial charge on any atom is -0.334 e. The fourth-order valence-corrected chi connectivity index (χ4v) is 3.15. The molecule has 0 aromatic heterocycles. The normalized spacial score (nSPS) is 29.8. The maximum atomic E-state index is 11.9. The van der Waals surface area contributed by atoms with E-state index in [1.807, 2.05) is 6.92 Å². The summed E-state index contributed by atoms with van der Waals surface area (Å²) in [5.74, 6) is 0.347. The molecule has 2 atom stereocenters. The van der Waals surface area contributed by atoms with E-state index < -0.39 is 0 Å². The van der Waals surface area contributed by atoms with Gasteiger partial charge in [-0.2, -0.15) is 0 Å². The van der Waals surface area contributed by atoms with Crippen LogP contribution < -0.4 is 0 Å². The van der Waals surface area contributed by atoms with Gasteiger partial charge in [0.1, 0.15) is 0 Å². The van der Waals surface area contributed by atoms with E-state index in [1.165, 1.54) is 18.4 Å². The van der Waals surface area contributed by atoms with Crippen LogP contribution in [-0.2, 0) is 4.79 Å². The largest absolute Gasteiger partial charge is 0.334 e. The van der Waals surface area contributed by atoms with Crippen LogP contribution in [0.3, 0.4) is 0 Å². The number of amides is 1. The second-order valence-electron chi connectivity index (χ2n) is 5.37. The number of likely N-dealkylation sites (tertiary alicyclic amines) is 1. The molecule has 0 aliphatic carbocycles. The number of rotatable bonds is 3. The van der Waals surface area contributed by atoms with Gasteiger partial charge in [-0.05, 0) is 26.7 Å². The van der Waals surface area contributed by atoms with Crippen LogP contribution in [0.5, 0.6) is 0 Å². The summed E-state index contributed by atoms with van der Waals surface area (Å²) >= 11 is 0. The molecule has 2 fully saturated rings. The van der Waals surface area contributed by atoms with E-state index in [0.717, 1.165) is 19.6 Å². The van der Waals surface area contributed by atoms with E-state index in [4.69, 9.17) is 0 Å². The Bertz CT molecular complexity index is 310. The first-order chi connectivity index (χ1) is 8.15. The second kappa shape index (κ2) is 5.21. The van der Waals surface area contributed by atoms with Crippen molar-refractivity contribution < 1.29 is 4.79 Å². The van der Waals surface area contributed by atoms with Crippen molar-refractivity contribution in [1.82, 2.24) is 9.80 Å². The van der Waals surface area contributed by atoms with Crippen molar-refractivity contribution in [3.63, 3.8) is 0 Å². The number of allylic oxidation sites excluding steroid dienone is 1. The molecule has 0 aromatic carbocycles. The summed E-state index contributed by atoms with van der Waals surface area (Å²) in [4.78, 5) is 16.6. The first kappa shape index (κ1) is 12.6. The van der Waals surface area contributed by atoms with E-state index in [9.17, 15) is 4.79 Å². The summed E-state index contributed by atoms with van der Waals surface area (Å²) in [6.07, 6.45) is 5.23. The van der Waals surface area contributed by atoms with Crippen LogP contribution in [0.25, 0.3) is 0 Å². The number of carbonyl (C=O) groups is 1. The van der Waals surface area contributed by atoms with Crippen molar-refractivity contribution in [2.75, 3.05) is 19.6 Å². The molecule has 3 nitrogen and oxygen atoms in total. The number of fused-ring (bicyclic) bond motifs is 2. The molecule has 96 valence electrons. The number of hydrogen-bond donors (Lipinski definition) is 0. The van der Waals surface area contributed by atoms with Gasteiger partial charge in [-0.3, -0.25) is 9.69 Å². The fraction of sp³-hybridized carbons (Fsp3) is 0.786. The van der Waals surface area contributed by atoms with E-state index in [-0.39, 0.29) is 0 Å². The lowest BCUT2D eigenvalue weighted by molar-refractivity contribution is -0.136. The van der Waals surface area contributed by atoms with Crippen LogP contribution in [0.15, 0.2) is 11.6 Å². The Kier molecular flexibility index (Phi) is 3.87. The minimum atomic E-state index is 0.347. The molecule has 1 amide bonds. The van der Waals surface area contributed by atoms with Crippen LogP contribution in [-0.4, -0.2) is 47.4 Å². The molecule has 2 saturated heterocycles. The Morgan fingerprint density at radius 1 is 1.29 bits per heavy atom. The molecule has 2 aliphatic rings. The lowest BCUT2D eigenvalue weighted by Gasteiger charge is -2.41. The van der Waals surface area contributed by atoms with Crippen molar-refractivity contribution in [2.24, 2.45) is 0 Å². The Morgan fingerprint density at radius 2 is 1.88 bits per heavy atom. The van der Waals surface area contributed by atoms with Gasteiger partial charge in [-0.1, -0.05) is 18.6 Å². The van der Waals surface area contributed by atoms with Crippen molar-refractivity contribution in [3.05, 3.63) is 11.6 Å². The molecule has 17 heavy (non-hydrogen) atoms. The monoisotopic (exact) mass is 236 g/mol. The molecule has 0 aromatic rings. The minimum absolute atomic E-state index is 0.347. The Hall–Kier alpha value is -0.830. The zero-order valence-electron chi connectivity index (χ0n) is 11.3. The quantitative estimate of drug-likeness (QED) is 0.700. The Labute approximate surface area is 104 Å². The average Bonchev–Trinajstić information content (AvgIpc) is 2.60. The van der Waals surface area contributed by atoms with Gasteiger partial charge in [0.15, 0.2) is 0 Å². The van der Waals surface area contributed by atoms with Gasteiger partial charge in [0.2, 0.25) is 5.91 Å². The molecule has 2 bridgehead atoms. The van der Waals surface area contributed by atoms with E-state index in [0.29, 0.717) is 24.4 Å². The second-order valence-corrected chi connectivity index (χ2v) is 5.37. The van der Waals surface area contributed by atoms with Gasteiger partial charge in [-0.25, -0.2) is 0 Å². The number of carbonyl (C=O) groups excluding carboxylic acids is 1. The van der Waals surface area contributed by atoms with E-state index in [1.54, 1.807) is 0 Å². The molecule has 0 radical (unpaired) electrons. The fourth-order valence-electron chi connectivity index (χ4n) is 3.15. The summed E-state index contributed by atoms with van der Waals surface area (Å²) in [7, 11) is 0. The van der Waals surface area contributed by atoms with Gasteiger partial charge in [-0.15, -0.1) is 0 Å². The summed E-state index contributed by atoms with van der Waals surface area (Å²) in [6.45, 7) is 9.45. The SMILES string of the molecule is C/C=C(\C)CN1CC2CCC(C1)N2C(=O)CC. The predicted octanol–water partition coefficient (Wildman–Crippen LogP) is 2.04. The van der Waals surface area contributed by atoms with Gasteiger partial charge in [0.25, 0.3) is 0 Å². The highest BCUT2D eigenvalue weighted by atomic mass is 16.2. The smallest absolute Gasteiger partial charge is 0.222 e. The third-order valence-electron chi connectivity index (χ3n) is 4.11. The first-order valence-corrected chi connectivity index (χ1v) is 6.81. The molecule has 0 N–H and O–H groups in total. The number of nitrogens with zero attached hydrogens (tertiary/aromatic N) is 2. The molecule has 3 heteroatoms. The molecule has 0 spiro atoms. The maximum Gasteiger partial charge on any atom is 0.222 e. The average molecular weight is 236 g/mol. The van der Waals surface area contributed by atoms with E-state index >= 15 is 0 Å². The molecular formula is C14H24N2O. The Morgan fingerprint density at radius 3 is 2.35 bits per heavy atom. The topological polar surface area (TPSA) is 23.6 Å². The lowest BCUT2D eigenvalue weighted by Crippen LogP contribution is -2.55. The zero-order valence-corrected chi connectivity index (χ0v) is 11.3. The molecule has 0 saturated carbocycles. The van der Waals surface area contributed by atoms with Crippen molar-refractivity contribution in [2.45, 2.75) is 52.1 Å². The van der Waals surface area contributed by atoms with Crippen LogP contribution in [0, 0.1) is 0 Å². The van der Waals surface area contributed by atoms with Gasteiger partial charge >= 0.3 is 0 Å². The number of hydrogen-bond acceptors (Lipinski definition) is 2. The third kappa shape index (κ3) is 2.54. The zero-order chi connectivity index (χ0) is 12.4. The summed E-state index contributed by atoms with van der Waals surface area (Å²) in [5.41, 5.74) is 1.43. The third-order valence-corrected chi connectivity index (χ3v) is 4.11. The van der Waals surface area contributed by atoms with Crippen LogP contribution >= 0.6 is 0 Å². The summed E-state index contributed by atoms with van der Waals surface area (Å²) < 4.78 is 0. The summed E-state index contributed by atoms with van der Waals surface area (Å²) in [5, 5.41) is 0. The molecule has 2 unspecified atom stereocenters. The number of piperazine rings is 1. The molecule has 2 aliphatic heterocycles. The molecular weight excluding hydrogens is 212 g/mol. The van der Waals surface area contributed by atoms with Crippen LogP contribution in [0.1, 0.15) is 40.0 Å². The molecule has 2 rings (SSSR count). The lowest BCUT2D eigenvalue weighted by atomic mass is 10.1. The van der Waals surface area contributed by atoms with Gasteiger partial charge in [0, 0.05) is 38.1 Å². The van der Waals surface area contributed by atoms with Crippen molar-refractivity contribution in [1.29, 1.82) is 0 Å². The van der Waals surface area contributed by atoms with Crippen LogP contribution in [0.4, 0.5) is 0 Å². The highest BCUT2D eigenvalue weighted by Gasteiger charge is 2.41.